The zero-order valence-electron chi connectivity index (χ0n) is 16.3. The average Bonchev–Trinajstić information content (AvgIpc) is 2.65. The summed E-state index contributed by atoms with van der Waals surface area (Å²) in [5.41, 5.74) is 0.905. The average molecular weight is 359 g/mol. The third-order valence-corrected chi connectivity index (χ3v) is 4.41. The molecule has 1 aromatic rings. The molecule has 0 heterocycles. The number of rotatable bonds is 14. The molecule has 0 bridgehead atoms. The number of hydrogen-bond donors (Lipinski definition) is 0. The molecule has 26 heavy (non-hydrogen) atoms. The summed E-state index contributed by atoms with van der Waals surface area (Å²) >= 11 is 0. The van der Waals surface area contributed by atoms with Gasteiger partial charge >= 0.3 is 11.9 Å². The van der Waals surface area contributed by atoms with Crippen LogP contribution < -0.4 is 0 Å². The van der Waals surface area contributed by atoms with Crippen LogP contribution in [0.3, 0.4) is 0 Å². The Balaban J connectivity index is 1.96. The first-order valence-corrected chi connectivity index (χ1v) is 10.2. The van der Waals surface area contributed by atoms with Gasteiger partial charge in [-0.05, 0) is 18.1 Å². The zero-order valence-corrected chi connectivity index (χ0v) is 16.3. The van der Waals surface area contributed by atoms with Crippen molar-refractivity contribution in [1.29, 1.82) is 0 Å². The van der Waals surface area contributed by atoms with Gasteiger partial charge in [0.1, 0.15) is 0 Å². The van der Waals surface area contributed by atoms with Gasteiger partial charge in [-0.2, -0.15) is 0 Å². The molecule has 0 aliphatic rings. The van der Waals surface area contributed by atoms with Crippen molar-refractivity contribution < 1.29 is 14.3 Å². The monoisotopic (exact) mass is 358 g/mol. The predicted molar refractivity (Wildman–Crippen MR) is 108 cm³/mol. The molecule has 1 aromatic carbocycles. The minimum absolute atomic E-state index is 0.321. The maximum Gasteiger partial charge on any atom is 0.338 e. The molecule has 0 spiro atoms. The van der Waals surface area contributed by atoms with E-state index in [1.165, 1.54) is 57.4 Å². The number of ether oxygens (including phenoxy) is 1. The fourth-order valence-electron chi connectivity index (χ4n) is 2.86. The molecule has 0 unspecified atom stereocenters. The molecule has 0 atom stereocenters. The van der Waals surface area contributed by atoms with Crippen molar-refractivity contribution in [3.05, 3.63) is 42.0 Å². The highest BCUT2D eigenvalue weighted by Gasteiger charge is 2.07. The van der Waals surface area contributed by atoms with Gasteiger partial charge in [-0.25, -0.2) is 4.79 Å². The summed E-state index contributed by atoms with van der Waals surface area (Å²) in [4.78, 5) is 23.2. The lowest BCUT2D eigenvalue weighted by Crippen LogP contribution is -2.09. The molecule has 0 aliphatic carbocycles. The molecule has 0 saturated carbocycles. The van der Waals surface area contributed by atoms with Crippen LogP contribution in [-0.4, -0.2) is 11.9 Å². The van der Waals surface area contributed by atoms with Gasteiger partial charge in [0.25, 0.3) is 0 Å². The Morgan fingerprint density at radius 1 is 0.808 bits per heavy atom. The molecule has 0 radical (unpaired) electrons. The lowest BCUT2D eigenvalue weighted by atomic mass is 10.1. The minimum atomic E-state index is -0.595. The molecule has 0 amide bonds. The highest BCUT2D eigenvalue weighted by Crippen LogP contribution is 2.12. The van der Waals surface area contributed by atoms with Gasteiger partial charge in [0.2, 0.25) is 0 Å². The molecule has 1 rings (SSSR count). The molecule has 3 heteroatoms. The minimum Gasteiger partial charge on any atom is -0.390 e. The first-order chi connectivity index (χ1) is 12.7. The predicted octanol–water partition coefficient (Wildman–Crippen LogP) is 6.47. The van der Waals surface area contributed by atoms with Crippen LogP contribution in [0.5, 0.6) is 0 Å². The molecule has 0 aromatic heterocycles. The topological polar surface area (TPSA) is 43.4 Å². The summed E-state index contributed by atoms with van der Waals surface area (Å²) in [7, 11) is 0. The Morgan fingerprint density at radius 3 is 1.92 bits per heavy atom. The van der Waals surface area contributed by atoms with E-state index in [0.29, 0.717) is 6.42 Å². The van der Waals surface area contributed by atoms with Crippen LogP contribution in [0.25, 0.3) is 6.08 Å². The van der Waals surface area contributed by atoms with E-state index in [1.54, 1.807) is 6.08 Å². The number of unbranched alkanes of at least 4 members (excludes halogenated alkanes) is 10. The maximum atomic E-state index is 11.6. The first-order valence-electron chi connectivity index (χ1n) is 10.2. The zero-order chi connectivity index (χ0) is 18.9. The summed E-state index contributed by atoms with van der Waals surface area (Å²) in [6.45, 7) is 2.24. The Bertz CT molecular complexity index is 520. The summed E-state index contributed by atoms with van der Waals surface area (Å²) < 4.78 is 4.80. The second-order valence-electron chi connectivity index (χ2n) is 6.82. The highest BCUT2D eigenvalue weighted by molar-refractivity contribution is 5.94. The summed E-state index contributed by atoms with van der Waals surface area (Å²) in [5.74, 6) is -1.02. The lowest BCUT2D eigenvalue weighted by molar-refractivity contribution is -0.156. The number of hydrogen-bond acceptors (Lipinski definition) is 3. The lowest BCUT2D eigenvalue weighted by Gasteiger charge is -2.03. The number of esters is 2. The second-order valence-corrected chi connectivity index (χ2v) is 6.82. The van der Waals surface area contributed by atoms with Crippen molar-refractivity contribution >= 4 is 18.0 Å². The largest absolute Gasteiger partial charge is 0.390 e. The number of carbonyl (C=O) groups is 2. The second kappa shape index (κ2) is 15.4. The van der Waals surface area contributed by atoms with Crippen molar-refractivity contribution in [2.75, 3.05) is 0 Å². The Morgan fingerprint density at radius 2 is 1.35 bits per heavy atom. The van der Waals surface area contributed by atoms with Crippen LogP contribution in [-0.2, 0) is 14.3 Å². The van der Waals surface area contributed by atoms with Gasteiger partial charge in [0.05, 0.1) is 0 Å². The van der Waals surface area contributed by atoms with Gasteiger partial charge in [-0.15, -0.1) is 0 Å². The van der Waals surface area contributed by atoms with Crippen molar-refractivity contribution in [2.24, 2.45) is 0 Å². The van der Waals surface area contributed by atoms with E-state index in [0.717, 1.165) is 24.8 Å². The van der Waals surface area contributed by atoms with Crippen LogP contribution in [0.1, 0.15) is 89.5 Å². The molecule has 0 aliphatic heterocycles. The van der Waals surface area contributed by atoms with Crippen LogP contribution >= 0.6 is 0 Å². The fraction of sp³-hybridized carbons (Fsp3) is 0.565. The van der Waals surface area contributed by atoms with E-state index in [4.69, 9.17) is 4.74 Å². The van der Waals surface area contributed by atoms with Crippen LogP contribution in [0.15, 0.2) is 36.4 Å². The summed E-state index contributed by atoms with van der Waals surface area (Å²) in [5, 5.41) is 0. The molecule has 0 fully saturated rings. The van der Waals surface area contributed by atoms with Gasteiger partial charge in [0.15, 0.2) is 0 Å². The van der Waals surface area contributed by atoms with Gasteiger partial charge in [-0.1, -0.05) is 101 Å². The molecule has 3 nitrogen and oxygen atoms in total. The number of benzene rings is 1. The fourth-order valence-corrected chi connectivity index (χ4v) is 2.86. The van der Waals surface area contributed by atoms with Crippen molar-refractivity contribution in [3.8, 4) is 0 Å². The quantitative estimate of drug-likeness (QED) is 0.166. The Hall–Kier alpha value is -1.90. The third-order valence-electron chi connectivity index (χ3n) is 4.41. The van der Waals surface area contributed by atoms with E-state index in [1.807, 2.05) is 30.3 Å². The standard InChI is InChI=1S/C23H34O3/c1-2-3-4-5-6-7-8-9-10-11-15-18-22(24)26-23(25)20-19-21-16-13-12-14-17-21/h12-14,16-17,19-20H,2-11,15,18H2,1H3/b20-19+. The first kappa shape index (κ1) is 22.1. The van der Waals surface area contributed by atoms with E-state index >= 15 is 0 Å². The van der Waals surface area contributed by atoms with Gasteiger partial charge in [-0.3, -0.25) is 4.79 Å². The molecule has 144 valence electrons. The van der Waals surface area contributed by atoms with Crippen molar-refractivity contribution in [1.82, 2.24) is 0 Å². The van der Waals surface area contributed by atoms with Gasteiger partial charge in [0, 0.05) is 12.5 Å². The molecular formula is C23H34O3. The van der Waals surface area contributed by atoms with Crippen LogP contribution in [0.2, 0.25) is 0 Å². The summed E-state index contributed by atoms with van der Waals surface area (Å²) in [6.07, 6.45) is 16.9. The van der Waals surface area contributed by atoms with E-state index < -0.39 is 11.9 Å². The highest BCUT2D eigenvalue weighted by atomic mass is 16.6. The van der Waals surface area contributed by atoms with Crippen molar-refractivity contribution in [3.63, 3.8) is 0 Å². The Kier molecular flexibility index (Phi) is 13.1. The third kappa shape index (κ3) is 12.5. The van der Waals surface area contributed by atoms with Gasteiger partial charge < -0.3 is 4.74 Å². The van der Waals surface area contributed by atoms with Crippen LogP contribution in [0, 0.1) is 0 Å². The van der Waals surface area contributed by atoms with E-state index in [-0.39, 0.29) is 0 Å². The molecular weight excluding hydrogens is 324 g/mol. The molecule has 0 saturated heterocycles. The number of carbonyl (C=O) groups excluding carboxylic acids is 2. The van der Waals surface area contributed by atoms with E-state index in [9.17, 15) is 9.59 Å². The summed E-state index contributed by atoms with van der Waals surface area (Å²) in [6, 6.07) is 9.46. The maximum absolute atomic E-state index is 11.6. The Labute approximate surface area is 158 Å². The normalized spacial score (nSPS) is 11.0. The molecule has 0 N–H and O–H groups in total. The van der Waals surface area contributed by atoms with Crippen molar-refractivity contribution in [2.45, 2.75) is 84.0 Å². The smallest absolute Gasteiger partial charge is 0.338 e. The SMILES string of the molecule is CCCCCCCCCCCCCC(=O)OC(=O)/C=C/c1ccccc1. The van der Waals surface area contributed by atoms with E-state index in [2.05, 4.69) is 6.92 Å². The van der Waals surface area contributed by atoms with Crippen LogP contribution in [0.4, 0.5) is 0 Å².